The van der Waals surface area contributed by atoms with Gasteiger partial charge in [0.05, 0.1) is 31.1 Å². The molecule has 2 aromatic carbocycles. The summed E-state index contributed by atoms with van der Waals surface area (Å²) >= 11 is 17.5. The maximum Gasteiger partial charge on any atom is 0.417 e. The molecule has 6 nitrogen and oxygen atoms in total. The molecule has 0 spiro atoms. The average Bonchev–Trinajstić information content (AvgIpc) is 2.76. The molecule has 0 bridgehead atoms. The highest BCUT2D eigenvalue weighted by Gasteiger charge is 2.35. The number of hydrogen-bond acceptors (Lipinski definition) is 5. The van der Waals surface area contributed by atoms with E-state index >= 15 is 0 Å². The molecule has 3 aromatic rings. The van der Waals surface area contributed by atoms with Crippen LogP contribution in [0.2, 0.25) is 15.1 Å². The van der Waals surface area contributed by atoms with Crippen LogP contribution < -0.4 is 4.72 Å². The molecule has 3 rings (SSSR count). The summed E-state index contributed by atoms with van der Waals surface area (Å²) in [6.45, 7) is 0. The molecule has 0 amide bonds. The smallest absolute Gasteiger partial charge is 0.361 e. The number of alkyl halides is 3. The minimum atomic E-state index is -4.92. The summed E-state index contributed by atoms with van der Waals surface area (Å²) in [5.41, 5.74) is -2.60. The van der Waals surface area contributed by atoms with Gasteiger partial charge in [0, 0.05) is 18.9 Å². The highest BCUT2D eigenvalue weighted by molar-refractivity contribution is 7.89. The van der Waals surface area contributed by atoms with E-state index < -0.39 is 60.8 Å². The van der Waals surface area contributed by atoms with Crippen LogP contribution in [0.1, 0.15) is 33.4 Å². The van der Waals surface area contributed by atoms with E-state index in [4.69, 9.17) is 39.5 Å². The molecule has 0 radical (unpaired) electrons. The molecule has 1 aromatic heterocycles. The standard InChI is InChI=1S/C21H13Cl3F4N2O4S/c1-34-20(30-35(32,33)11-5-6-14(23)13(8-11)21(26,27)28)12-7-10(22)9-29-18(12)19(31)17-15(24)3-2-4-16(17)25/h2-9,20,30H,1H3. The van der Waals surface area contributed by atoms with Crippen LogP contribution in [0.25, 0.3) is 0 Å². The number of ketones is 1. The van der Waals surface area contributed by atoms with E-state index in [1.165, 1.54) is 12.1 Å². The summed E-state index contributed by atoms with van der Waals surface area (Å²) in [6.07, 6.45) is -5.53. The summed E-state index contributed by atoms with van der Waals surface area (Å²) in [6, 6.07) is 6.64. The van der Waals surface area contributed by atoms with Crippen molar-refractivity contribution < 1.29 is 35.5 Å². The normalized spacial score (nSPS) is 13.0. The minimum absolute atomic E-state index is 0.0386. The molecular weight excluding hydrogens is 559 g/mol. The molecule has 1 heterocycles. The zero-order valence-electron chi connectivity index (χ0n) is 17.3. The van der Waals surface area contributed by atoms with Crippen LogP contribution in [0, 0.1) is 5.82 Å². The Kier molecular flexibility index (Phi) is 8.09. The fourth-order valence-corrected chi connectivity index (χ4v) is 4.82. The highest BCUT2D eigenvalue weighted by Crippen LogP contribution is 2.36. The Morgan fingerprint density at radius 3 is 2.37 bits per heavy atom. The number of halogens is 7. The van der Waals surface area contributed by atoms with Gasteiger partial charge in [-0.15, -0.1) is 0 Å². The van der Waals surface area contributed by atoms with Crippen molar-refractivity contribution in [2.24, 2.45) is 0 Å². The number of carbonyl (C=O) groups is 1. The van der Waals surface area contributed by atoms with Crippen LogP contribution in [-0.4, -0.2) is 26.3 Å². The van der Waals surface area contributed by atoms with Crippen molar-refractivity contribution in [1.29, 1.82) is 0 Å². The number of rotatable bonds is 7. The zero-order chi connectivity index (χ0) is 26.1. The average molecular weight is 572 g/mol. The quantitative estimate of drug-likeness (QED) is 0.212. The molecule has 0 saturated heterocycles. The first-order valence-corrected chi connectivity index (χ1v) is 11.9. The number of carbonyl (C=O) groups excluding carboxylic acids is 1. The number of methoxy groups -OCH3 is 1. The Hall–Kier alpha value is -2.28. The monoisotopic (exact) mass is 570 g/mol. The van der Waals surface area contributed by atoms with Crippen LogP contribution >= 0.6 is 34.8 Å². The third kappa shape index (κ3) is 5.93. The Balaban J connectivity index is 2.07. The Morgan fingerprint density at radius 1 is 1.09 bits per heavy atom. The fraction of sp³-hybridized carbons (Fsp3) is 0.143. The molecule has 186 valence electrons. The van der Waals surface area contributed by atoms with Crippen LogP contribution in [-0.2, 0) is 20.9 Å². The van der Waals surface area contributed by atoms with Crippen molar-refractivity contribution in [3.8, 4) is 0 Å². The first-order valence-electron chi connectivity index (χ1n) is 9.32. The number of ether oxygens (including phenoxy) is 1. The number of sulfonamides is 1. The highest BCUT2D eigenvalue weighted by atomic mass is 35.5. The molecular formula is C21H13Cl3F4N2O4S. The third-order valence-electron chi connectivity index (χ3n) is 4.62. The lowest BCUT2D eigenvalue weighted by Crippen LogP contribution is -2.31. The summed E-state index contributed by atoms with van der Waals surface area (Å²) in [5, 5.41) is -0.968. The molecule has 1 N–H and O–H groups in total. The van der Waals surface area contributed by atoms with Gasteiger partial charge in [-0.1, -0.05) is 40.9 Å². The van der Waals surface area contributed by atoms with Crippen molar-refractivity contribution >= 4 is 50.6 Å². The second kappa shape index (κ2) is 10.4. The molecule has 0 fully saturated rings. The first-order chi connectivity index (χ1) is 16.3. The molecule has 0 aliphatic rings. The summed E-state index contributed by atoms with van der Waals surface area (Å²) in [5.74, 6) is -1.97. The Morgan fingerprint density at radius 2 is 1.77 bits per heavy atom. The molecule has 1 unspecified atom stereocenters. The molecule has 0 aliphatic heterocycles. The van der Waals surface area contributed by atoms with E-state index in [2.05, 4.69) is 4.98 Å². The zero-order valence-corrected chi connectivity index (χ0v) is 20.4. The van der Waals surface area contributed by atoms with E-state index in [0.717, 1.165) is 37.6 Å². The number of nitrogens with one attached hydrogen (secondary N) is 1. The van der Waals surface area contributed by atoms with Crippen molar-refractivity contribution in [2.45, 2.75) is 17.3 Å². The summed E-state index contributed by atoms with van der Waals surface area (Å²) in [7, 11) is -3.61. The number of benzene rings is 2. The molecule has 0 aliphatic carbocycles. The van der Waals surface area contributed by atoms with Gasteiger partial charge in [-0.25, -0.2) is 12.8 Å². The largest absolute Gasteiger partial charge is 0.417 e. The van der Waals surface area contributed by atoms with Crippen molar-refractivity contribution in [3.05, 3.63) is 91.9 Å². The topological polar surface area (TPSA) is 85.4 Å². The van der Waals surface area contributed by atoms with E-state index in [9.17, 15) is 30.8 Å². The predicted octanol–water partition coefficient (Wildman–Crippen LogP) is 6.05. The lowest BCUT2D eigenvalue weighted by atomic mass is 10.0. The van der Waals surface area contributed by atoms with Crippen LogP contribution in [0.5, 0.6) is 0 Å². The number of aromatic nitrogens is 1. The van der Waals surface area contributed by atoms with Crippen LogP contribution in [0.3, 0.4) is 0 Å². The van der Waals surface area contributed by atoms with Gasteiger partial charge in [-0.3, -0.25) is 9.78 Å². The SMILES string of the molecule is COC(NS(=O)(=O)c1ccc(Cl)c(C(F)(F)F)c1)c1cc(Cl)cnc1C(=O)c1c(F)cccc1Cl. The molecule has 14 heteroatoms. The number of hydrogen-bond donors (Lipinski definition) is 1. The second-order valence-corrected chi connectivity index (χ2v) is 9.86. The van der Waals surface area contributed by atoms with Crippen molar-refractivity contribution in [1.82, 2.24) is 9.71 Å². The summed E-state index contributed by atoms with van der Waals surface area (Å²) in [4.78, 5) is 16.2. The first kappa shape index (κ1) is 27.3. The maximum atomic E-state index is 14.3. The van der Waals surface area contributed by atoms with Gasteiger partial charge in [-0.05, 0) is 36.4 Å². The lowest BCUT2D eigenvalue weighted by molar-refractivity contribution is -0.137. The van der Waals surface area contributed by atoms with E-state index in [1.807, 2.05) is 4.72 Å². The van der Waals surface area contributed by atoms with Gasteiger partial charge in [0.2, 0.25) is 15.8 Å². The van der Waals surface area contributed by atoms with E-state index in [1.54, 1.807) is 0 Å². The van der Waals surface area contributed by atoms with Crippen molar-refractivity contribution in [2.75, 3.05) is 7.11 Å². The van der Waals surface area contributed by atoms with Gasteiger partial charge in [0.15, 0.2) is 0 Å². The molecule has 35 heavy (non-hydrogen) atoms. The number of nitrogens with zero attached hydrogens (tertiary/aromatic N) is 1. The molecule has 1 atom stereocenters. The number of pyridine rings is 1. The van der Waals surface area contributed by atoms with Gasteiger partial charge in [0.25, 0.3) is 0 Å². The Bertz CT molecular complexity index is 1380. The van der Waals surface area contributed by atoms with Crippen LogP contribution in [0.4, 0.5) is 17.6 Å². The minimum Gasteiger partial charge on any atom is -0.361 e. The lowest BCUT2D eigenvalue weighted by Gasteiger charge is -2.20. The third-order valence-corrected chi connectivity index (χ3v) is 6.87. The van der Waals surface area contributed by atoms with Crippen LogP contribution in [0.15, 0.2) is 53.6 Å². The van der Waals surface area contributed by atoms with E-state index in [0.29, 0.717) is 6.07 Å². The van der Waals surface area contributed by atoms with Gasteiger partial charge in [-0.2, -0.15) is 17.9 Å². The summed E-state index contributed by atoms with van der Waals surface area (Å²) < 4.78 is 86.9. The van der Waals surface area contributed by atoms with Gasteiger partial charge >= 0.3 is 6.18 Å². The van der Waals surface area contributed by atoms with E-state index in [-0.39, 0.29) is 15.6 Å². The second-order valence-electron chi connectivity index (χ2n) is 6.89. The maximum absolute atomic E-state index is 14.3. The predicted molar refractivity (Wildman–Crippen MR) is 121 cm³/mol. The molecule has 0 saturated carbocycles. The van der Waals surface area contributed by atoms with Crippen molar-refractivity contribution in [3.63, 3.8) is 0 Å². The van der Waals surface area contributed by atoms with Gasteiger partial charge < -0.3 is 4.74 Å². The van der Waals surface area contributed by atoms with Gasteiger partial charge in [0.1, 0.15) is 17.7 Å². The fourth-order valence-electron chi connectivity index (χ4n) is 3.01. The Labute approximate surface area is 211 Å².